The van der Waals surface area contributed by atoms with Crippen molar-refractivity contribution in [2.75, 3.05) is 18.4 Å². The van der Waals surface area contributed by atoms with Crippen molar-refractivity contribution < 1.29 is 9.59 Å². The second-order valence-electron chi connectivity index (χ2n) is 8.05. The van der Waals surface area contributed by atoms with Gasteiger partial charge in [0, 0.05) is 25.3 Å². The van der Waals surface area contributed by atoms with Crippen LogP contribution in [0.4, 0.5) is 5.69 Å². The summed E-state index contributed by atoms with van der Waals surface area (Å²) in [5.41, 5.74) is 3.29. The second-order valence-corrected chi connectivity index (χ2v) is 8.05. The number of nitrogens with one attached hydrogen (secondary N) is 1. The van der Waals surface area contributed by atoms with E-state index < -0.39 is 0 Å². The van der Waals surface area contributed by atoms with Crippen LogP contribution in [-0.2, 0) is 19.4 Å². The Morgan fingerprint density at radius 2 is 1.66 bits per heavy atom. The van der Waals surface area contributed by atoms with Gasteiger partial charge in [-0.05, 0) is 56.2 Å². The maximum atomic E-state index is 13.2. The first-order valence-electron chi connectivity index (χ1n) is 11.0. The third kappa shape index (κ3) is 4.21. The lowest BCUT2D eigenvalue weighted by molar-refractivity contribution is 0.0743. The van der Waals surface area contributed by atoms with E-state index >= 15 is 0 Å². The molecule has 2 amide bonds. The highest BCUT2D eigenvalue weighted by atomic mass is 16.2. The van der Waals surface area contributed by atoms with E-state index in [-0.39, 0.29) is 11.8 Å². The van der Waals surface area contributed by atoms with Gasteiger partial charge in [0.2, 0.25) is 0 Å². The molecular formula is C23H30N4O2. The first-order valence-corrected chi connectivity index (χ1v) is 11.0. The molecule has 0 radical (unpaired) electrons. The fraction of sp³-hybridized carbons (Fsp3) is 0.522. The van der Waals surface area contributed by atoms with E-state index in [1.165, 1.54) is 18.4 Å². The van der Waals surface area contributed by atoms with Crippen molar-refractivity contribution in [1.29, 1.82) is 0 Å². The molecule has 1 N–H and O–H groups in total. The number of aryl methyl sites for hydroxylation is 1. The van der Waals surface area contributed by atoms with Gasteiger partial charge in [-0.15, -0.1) is 0 Å². The maximum Gasteiger partial charge on any atom is 0.289 e. The van der Waals surface area contributed by atoms with Gasteiger partial charge in [0.1, 0.15) is 0 Å². The number of imidazole rings is 1. The Kier molecular flexibility index (Phi) is 5.97. The summed E-state index contributed by atoms with van der Waals surface area (Å²) in [6.07, 6.45) is 8.23. The Bertz CT molecular complexity index is 877. The Morgan fingerprint density at radius 3 is 2.34 bits per heavy atom. The van der Waals surface area contributed by atoms with Crippen LogP contribution >= 0.6 is 0 Å². The van der Waals surface area contributed by atoms with Crippen LogP contribution in [0.15, 0.2) is 24.3 Å². The highest BCUT2D eigenvalue weighted by Gasteiger charge is 2.30. The molecule has 0 bridgehead atoms. The van der Waals surface area contributed by atoms with Crippen molar-refractivity contribution in [3.63, 3.8) is 0 Å². The Morgan fingerprint density at radius 1 is 0.966 bits per heavy atom. The van der Waals surface area contributed by atoms with Crippen LogP contribution in [0.2, 0.25) is 0 Å². The molecule has 0 unspecified atom stereocenters. The smallest absolute Gasteiger partial charge is 0.289 e. The Hall–Kier alpha value is -2.63. The van der Waals surface area contributed by atoms with Crippen molar-refractivity contribution >= 4 is 17.5 Å². The Labute approximate surface area is 172 Å². The predicted octanol–water partition coefficient (Wildman–Crippen LogP) is 4.05. The average Bonchev–Trinajstić information content (AvgIpc) is 2.93. The molecule has 154 valence electrons. The number of anilines is 1. The summed E-state index contributed by atoms with van der Waals surface area (Å²) in [4.78, 5) is 32.7. The molecular weight excluding hydrogens is 364 g/mol. The van der Waals surface area contributed by atoms with Crippen molar-refractivity contribution in [3.05, 3.63) is 47.0 Å². The van der Waals surface area contributed by atoms with Gasteiger partial charge in [-0.1, -0.05) is 31.9 Å². The van der Waals surface area contributed by atoms with Gasteiger partial charge in [-0.2, -0.15) is 0 Å². The highest BCUT2D eigenvalue weighted by Crippen LogP contribution is 2.24. The number of likely N-dealkylation sites (tertiary alicyclic amines) is 1. The lowest BCUT2D eigenvalue weighted by Gasteiger charge is -2.22. The van der Waals surface area contributed by atoms with Crippen LogP contribution in [0, 0.1) is 0 Å². The number of aromatic nitrogens is 2. The number of amides is 2. The molecule has 2 aromatic rings. The fourth-order valence-corrected chi connectivity index (χ4v) is 4.32. The van der Waals surface area contributed by atoms with E-state index in [4.69, 9.17) is 0 Å². The fourth-order valence-electron chi connectivity index (χ4n) is 4.32. The minimum absolute atomic E-state index is 0.0265. The molecule has 29 heavy (non-hydrogen) atoms. The molecule has 1 aromatic heterocycles. The van der Waals surface area contributed by atoms with Crippen LogP contribution < -0.4 is 5.32 Å². The van der Waals surface area contributed by atoms with E-state index in [0.717, 1.165) is 69.5 Å². The topological polar surface area (TPSA) is 67.2 Å². The van der Waals surface area contributed by atoms with Gasteiger partial charge in [-0.25, -0.2) is 4.98 Å². The summed E-state index contributed by atoms with van der Waals surface area (Å²) < 4.78 is 1.99. The lowest BCUT2D eigenvalue weighted by Crippen LogP contribution is -2.34. The number of carbonyl (C=O) groups is 2. The number of hydrogen-bond donors (Lipinski definition) is 1. The first-order chi connectivity index (χ1) is 14.2. The average molecular weight is 395 g/mol. The zero-order valence-corrected chi connectivity index (χ0v) is 17.2. The number of hydrogen-bond acceptors (Lipinski definition) is 3. The first kappa shape index (κ1) is 19.7. The van der Waals surface area contributed by atoms with E-state index in [1.807, 2.05) is 33.7 Å². The van der Waals surface area contributed by atoms with Gasteiger partial charge in [0.15, 0.2) is 11.5 Å². The molecule has 6 nitrogen and oxygen atoms in total. The summed E-state index contributed by atoms with van der Waals surface area (Å²) >= 11 is 0. The molecule has 4 rings (SSSR count). The highest BCUT2D eigenvalue weighted by molar-refractivity contribution is 6.05. The van der Waals surface area contributed by atoms with E-state index in [0.29, 0.717) is 11.5 Å². The molecule has 2 aliphatic heterocycles. The van der Waals surface area contributed by atoms with Gasteiger partial charge in [0.25, 0.3) is 11.8 Å². The quantitative estimate of drug-likeness (QED) is 0.851. The zero-order chi connectivity index (χ0) is 20.2. The Balaban J connectivity index is 1.59. The maximum absolute atomic E-state index is 13.2. The molecule has 6 heteroatoms. The normalized spacial score (nSPS) is 16.8. The minimum atomic E-state index is -0.227. The van der Waals surface area contributed by atoms with E-state index in [1.54, 1.807) is 0 Å². The molecule has 1 aromatic carbocycles. The largest absolute Gasteiger partial charge is 0.336 e. The van der Waals surface area contributed by atoms with Gasteiger partial charge < -0.3 is 14.8 Å². The summed E-state index contributed by atoms with van der Waals surface area (Å²) in [7, 11) is 0. The molecule has 0 atom stereocenters. The standard InChI is InChI=1S/C23H30N4O2/c1-2-17-10-12-18(13-11-17)24-22(28)20-19-9-5-8-16-27(19)21(25-20)23(29)26-14-6-3-4-7-15-26/h10-13H,2-9,14-16H2,1H3,(H,24,28). The predicted molar refractivity (Wildman–Crippen MR) is 113 cm³/mol. The van der Waals surface area contributed by atoms with Crippen LogP contribution in [0.25, 0.3) is 0 Å². The summed E-state index contributed by atoms with van der Waals surface area (Å²) in [5, 5.41) is 2.96. The van der Waals surface area contributed by atoms with Gasteiger partial charge in [0.05, 0.1) is 5.69 Å². The van der Waals surface area contributed by atoms with Gasteiger partial charge >= 0.3 is 0 Å². The van der Waals surface area contributed by atoms with E-state index in [2.05, 4.69) is 17.2 Å². The number of rotatable bonds is 4. The van der Waals surface area contributed by atoms with Crippen LogP contribution in [0.3, 0.4) is 0 Å². The molecule has 0 aliphatic carbocycles. The molecule has 2 aliphatic rings. The summed E-state index contributed by atoms with van der Waals surface area (Å²) in [5.74, 6) is 0.185. The SMILES string of the molecule is CCc1ccc(NC(=O)c2nc(C(=O)N3CCCCCC3)n3c2CCCC3)cc1. The number of carbonyl (C=O) groups excluding carboxylic acids is 2. The van der Waals surface area contributed by atoms with Crippen molar-refractivity contribution in [2.24, 2.45) is 0 Å². The third-order valence-corrected chi connectivity index (χ3v) is 6.04. The third-order valence-electron chi connectivity index (χ3n) is 6.04. The monoisotopic (exact) mass is 394 g/mol. The van der Waals surface area contributed by atoms with Crippen LogP contribution in [0.5, 0.6) is 0 Å². The van der Waals surface area contributed by atoms with Crippen molar-refractivity contribution in [2.45, 2.75) is 64.8 Å². The van der Waals surface area contributed by atoms with Crippen molar-refractivity contribution in [1.82, 2.24) is 14.5 Å². The molecule has 1 fully saturated rings. The number of benzene rings is 1. The summed E-state index contributed by atoms with van der Waals surface area (Å²) in [6, 6.07) is 7.88. The summed E-state index contributed by atoms with van der Waals surface area (Å²) in [6.45, 7) is 4.43. The van der Waals surface area contributed by atoms with Crippen LogP contribution in [-0.4, -0.2) is 39.4 Å². The molecule has 3 heterocycles. The molecule has 0 spiro atoms. The van der Waals surface area contributed by atoms with Crippen molar-refractivity contribution in [3.8, 4) is 0 Å². The van der Waals surface area contributed by atoms with Crippen LogP contribution in [0.1, 0.15) is 77.8 Å². The number of fused-ring (bicyclic) bond motifs is 1. The zero-order valence-electron chi connectivity index (χ0n) is 17.2. The molecule has 0 saturated carbocycles. The molecule has 1 saturated heterocycles. The minimum Gasteiger partial charge on any atom is -0.336 e. The number of nitrogens with zero attached hydrogens (tertiary/aromatic N) is 3. The van der Waals surface area contributed by atoms with E-state index in [9.17, 15) is 9.59 Å². The lowest BCUT2D eigenvalue weighted by atomic mass is 10.1. The van der Waals surface area contributed by atoms with Gasteiger partial charge in [-0.3, -0.25) is 9.59 Å². The second kappa shape index (κ2) is 8.80.